The van der Waals surface area contributed by atoms with E-state index in [1.165, 1.54) is 6.07 Å². The predicted molar refractivity (Wildman–Crippen MR) is 104 cm³/mol. The minimum absolute atomic E-state index is 0.250. The Balaban J connectivity index is 1.68. The van der Waals surface area contributed by atoms with Crippen LogP contribution in [0.5, 0.6) is 5.75 Å². The van der Waals surface area contributed by atoms with Gasteiger partial charge in [0.05, 0.1) is 0 Å². The Kier molecular flexibility index (Phi) is 5.64. The fraction of sp³-hybridized carbons (Fsp3) is 0.136. The first-order chi connectivity index (χ1) is 12.7. The molecule has 1 heterocycles. The average Bonchev–Trinajstić information content (AvgIpc) is 2.68. The molecule has 3 aromatic rings. The molecule has 1 N–H and O–H groups in total. The molecule has 132 valence electrons. The molecule has 0 aliphatic heterocycles. The summed E-state index contributed by atoms with van der Waals surface area (Å²) in [5.41, 5.74) is 3.64. The highest BCUT2D eigenvalue weighted by Gasteiger charge is 2.10. The number of pyridine rings is 1. The highest BCUT2D eigenvalue weighted by atomic mass is 19.1. The predicted octanol–water partition coefficient (Wildman–Crippen LogP) is 5.10. The van der Waals surface area contributed by atoms with Gasteiger partial charge in [-0.3, -0.25) is 0 Å². The van der Waals surface area contributed by atoms with Gasteiger partial charge in [-0.2, -0.15) is 0 Å². The molecule has 0 unspecified atom stereocenters. The number of benzene rings is 2. The first-order valence-corrected chi connectivity index (χ1v) is 8.43. The fourth-order valence-corrected chi connectivity index (χ4v) is 2.74. The minimum Gasteiger partial charge on any atom is -0.486 e. The first-order valence-electron chi connectivity index (χ1n) is 8.43. The topological polar surface area (TPSA) is 34.1 Å². The lowest BCUT2D eigenvalue weighted by Gasteiger charge is -2.12. The van der Waals surface area contributed by atoms with Crippen LogP contribution in [-0.4, -0.2) is 12.0 Å². The molecule has 3 nitrogen and oxygen atoms in total. The maximum Gasteiger partial charge on any atom is 0.165 e. The summed E-state index contributed by atoms with van der Waals surface area (Å²) in [6.07, 6.45) is 2.26. The summed E-state index contributed by atoms with van der Waals surface area (Å²) in [6.45, 7) is 4.46. The van der Waals surface area contributed by atoms with Crippen LogP contribution in [-0.2, 0) is 13.0 Å². The van der Waals surface area contributed by atoms with Gasteiger partial charge in [0.2, 0.25) is 0 Å². The maximum absolute atomic E-state index is 14.4. The zero-order valence-corrected chi connectivity index (χ0v) is 14.7. The van der Waals surface area contributed by atoms with E-state index in [1.54, 1.807) is 12.3 Å². The van der Waals surface area contributed by atoms with E-state index in [2.05, 4.69) is 16.9 Å². The van der Waals surface area contributed by atoms with Gasteiger partial charge in [0.15, 0.2) is 11.6 Å². The quantitative estimate of drug-likeness (QED) is 0.645. The summed E-state index contributed by atoms with van der Waals surface area (Å²) >= 11 is 0. The number of halogens is 1. The van der Waals surface area contributed by atoms with Gasteiger partial charge in [-0.25, -0.2) is 9.37 Å². The molecule has 0 spiro atoms. The van der Waals surface area contributed by atoms with Crippen LogP contribution in [0, 0.1) is 5.82 Å². The Morgan fingerprint density at radius 3 is 2.62 bits per heavy atom. The van der Waals surface area contributed by atoms with E-state index in [1.807, 2.05) is 55.6 Å². The number of rotatable bonds is 7. The van der Waals surface area contributed by atoms with Crippen LogP contribution >= 0.6 is 0 Å². The van der Waals surface area contributed by atoms with Gasteiger partial charge in [-0.05, 0) is 47.4 Å². The van der Waals surface area contributed by atoms with Crippen LogP contribution in [0.1, 0.15) is 16.7 Å². The van der Waals surface area contributed by atoms with Crippen molar-refractivity contribution >= 4 is 11.4 Å². The van der Waals surface area contributed by atoms with E-state index < -0.39 is 0 Å². The minimum atomic E-state index is -0.369. The number of anilines is 1. The summed E-state index contributed by atoms with van der Waals surface area (Å²) in [4.78, 5) is 4.28. The molecule has 0 aliphatic carbocycles. The Morgan fingerprint density at radius 2 is 1.88 bits per heavy atom. The molecule has 0 aliphatic rings. The fourth-order valence-electron chi connectivity index (χ4n) is 2.74. The van der Waals surface area contributed by atoms with E-state index in [4.69, 9.17) is 4.74 Å². The number of hydrogen-bond donors (Lipinski definition) is 1. The van der Waals surface area contributed by atoms with Crippen LogP contribution in [0.4, 0.5) is 10.2 Å². The Labute approximate surface area is 153 Å². The van der Waals surface area contributed by atoms with Crippen LogP contribution in [0.25, 0.3) is 5.57 Å². The Morgan fingerprint density at radius 1 is 1.08 bits per heavy atom. The van der Waals surface area contributed by atoms with Gasteiger partial charge in [0.25, 0.3) is 0 Å². The normalized spacial score (nSPS) is 10.4. The van der Waals surface area contributed by atoms with Gasteiger partial charge in [0.1, 0.15) is 12.4 Å². The second-order valence-electron chi connectivity index (χ2n) is 5.97. The third-order valence-corrected chi connectivity index (χ3v) is 4.08. The van der Waals surface area contributed by atoms with E-state index >= 15 is 0 Å². The smallest absolute Gasteiger partial charge is 0.165 e. The van der Waals surface area contributed by atoms with Gasteiger partial charge < -0.3 is 10.1 Å². The van der Waals surface area contributed by atoms with E-state index in [9.17, 15) is 4.39 Å². The molecule has 3 rings (SSSR count). The van der Waals surface area contributed by atoms with E-state index in [0.717, 1.165) is 28.1 Å². The lowest BCUT2D eigenvalue weighted by molar-refractivity contribution is 0.290. The van der Waals surface area contributed by atoms with Crippen LogP contribution in [0.3, 0.4) is 0 Å². The Hall–Kier alpha value is -3.14. The summed E-state index contributed by atoms with van der Waals surface area (Å²) in [5.74, 6) is 0.646. The van der Waals surface area contributed by atoms with Crippen molar-refractivity contribution in [3.8, 4) is 5.75 Å². The van der Waals surface area contributed by atoms with Crippen molar-refractivity contribution in [3.63, 3.8) is 0 Å². The average molecular weight is 348 g/mol. The summed E-state index contributed by atoms with van der Waals surface area (Å²) in [6, 6.07) is 18.6. The van der Waals surface area contributed by atoms with Gasteiger partial charge >= 0.3 is 0 Å². The molecule has 2 aromatic carbocycles. The number of nitrogens with one attached hydrogen (secondary N) is 1. The number of aromatic nitrogens is 1. The van der Waals surface area contributed by atoms with Gasteiger partial charge in [-0.1, -0.05) is 43.0 Å². The summed E-state index contributed by atoms with van der Waals surface area (Å²) in [7, 11) is 1.82. The molecule has 4 heteroatoms. The van der Waals surface area contributed by atoms with Crippen molar-refractivity contribution in [2.45, 2.75) is 13.0 Å². The van der Waals surface area contributed by atoms with Crippen molar-refractivity contribution in [3.05, 3.63) is 95.9 Å². The number of nitrogens with zero attached hydrogens (tertiary/aromatic N) is 1. The number of ether oxygens (including phenoxy) is 1. The van der Waals surface area contributed by atoms with E-state index in [-0.39, 0.29) is 11.6 Å². The third-order valence-electron chi connectivity index (χ3n) is 4.08. The number of allylic oxidation sites excluding steroid dienone is 1. The monoisotopic (exact) mass is 348 g/mol. The highest BCUT2D eigenvalue weighted by Crippen LogP contribution is 2.26. The molecule has 0 saturated heterocycles. The first kappa shape index (κ1) is 17.7. The molecule has 1 aromatic heterocycles. The summed E-state index contributed by atoms with van der Waals surface area (Å²) in [5, 5.41) is 3.05. The van der Waals surface area contributed by atoms with E-state index in [0.29, 0.717) is 13.0 Å². The molecule has 26 heavy (non-hydrogen) atoms. The molecule has 0 bridgehead atoms. The van der Waals surface area contributed by atoms with Crippen molar-refractivity contribution in [2.24, 2.45) is 0 Å². The van der Waals surface area contributed by atoms with Crippen LogP contribution < -0.4 is 10.1 Å². The van der Waals surface area contributed by atoms with Crippen LogP contribution in [0.15, 0.2) is 73.4 Å². The van der Waals surface area contributed by atoms with Crippen molar-refractivity contribution in [1.29, 1.82) is 0 Å². The second kappa shape index (κ2) is 8.30. The van der Waals surface area contributed by atoms with Crippen molar-refractivity contribution < 1.29 is 9.13 Å². The van der Waals surface area contributed by atoms with Gasteiger partial charge in [-0.15, -0.1) is 0 Å². The molecule has 0 amide bonds. The maximum atomic E-state index is 14.4. The lowest BCUT2D eigenvalue weighted by Crippen LogP contribution is -2.00. The summed E-state index contributed by atoms with van der Waals surface area (Å²) < 4.78 is 20.0. The van der Waals surface area contributed by atoms with Crippen molar-refractivity contribution in [1.82, 2.24) is 4.98 Å². The largest absolute Gasteiger partial charge is 0.486 e. The number of hydrogen-bond acceptors (Lipinski definition) is 3. The molecular weight excluding hydrogens is 327 g/mol. The lowest BCUT2D eigenvalue weighted by atomic mass is 10.00. The zero-order valence-electron chi connectivity index (χ0n) is 14.7. The highest BCUT2D eigenvalue weighted by molar-refractivity contribution is 5.73. The molecule has 0 saturated carbocycles. The molecule has 0 atom stereocenters. The van der Waals surface area contributed by atoms with Crippen molar-refractivity contribution in [2.75, 3.05) is 12.4 Å². The zero-order chi connectivity index (χ0) is 18.4. The van der Waals surface area contributed by atoms with Crippen LogP contribution in [0.2, 0.25) is 0 Å². The van der Waals surface area contributed by atoms with Gasteiger partial charge in [0, 0.05) is 18.8 Å². The molecule has 0 radical (unpaired) electrons. The molecular formula is C22H21FN2O. The Bertz CT molecular complexity index is 894. The standard InChI is InChI=1S/C22H21FN2O/c1-16(19-9-6-12-25-22(19)24-2)13-18-10-11-21(20(23)14-18)26-15-17-7-4-3-5-8-17/h3-12,14H,1,13,15H2,2H3,(H,24,25). The SMILES string of the molecule is C=C(Cc1ccc(OCc2ccccc2)c(F)c1)c1cccnc1NC. The second-order valence-corrected chi connectivity index (χ2v) is 5.97. The molecule has 0 fully saturated rings. The third kappa shape index (κ3) is 4.28.